The molecular weight excluding hydrogens is 250 g/mol. The van der Waals surface area contributed by atoms with E-state index in [0.717, 1.165) is 6.54 Å². The third-order valence-corrected chi connectivity index (χ3v) is 4.79. The predicted octanol–water partition coefficient (Wildman–Crippen LogP) is 5.52. The van der Waals surface area contributed by atoms with Crippen LogP contribution < -0.4 is 5.32 Å². The second-order valence-corrected chi connectivity index (χ2v) is 8.84. The van der Waals surface area contributed by atoms with Crippen LogP contribution in [0.3, 0.4) is 0 Å². The highest BCUT2D eigenvalue weighted by Crippen LogP contribution is 2.36. The fourth-order valence-corrected chi connectivity index (χ4v) is 3.29. The molecule has 1 unspecified atom stereocenters. The number of thiophene rings is 1. The Morgan fingerprint density at radius 1 is 1.11 bits per heavy atom. The fourth-order valence-electron chi connectivity index (χ4n) is 2.15. The van der Waals surface area contributed by atoms with Gasteiger partial charge in [0.25, 0.3) is 0 Å². The molecule has 1 aromatic rings. The van der Waals surface area contributed by atoms with Crippen LogP contribution in [0.25, 0.3) is 0 Å². The monoisotopic (exact) mass is 281 g/mol. The van der Waals surface area contributed by atoms with Crippen molar-refractivity contribution in [2.45, 2.75) is 72.8 Å². The summed E-state index contributed by atoms with van der Waals surface area (Å²) < 4.78 is 0. The van der Waals surface area contributed by atoms with E-state index in [0.29, 0.717) is 11.5 Å². The highest BCUT2D eigenvalue weighted by Gasteiger charge is 2.23. The molecule has 1 rings (SSSR count). The van der Waals surface area contributed by atoms with Crippen LogP contribution in [0.2, 0.25) is 0 Å². The van der Waals surface area contributed by atoms with E-state index in [-0.39, 0.29) is 5.41 Å². The van der Waals surface area contributed by atoms with Crippen molar-refractivity contribution >= 4 is 11.3 Å². The molecule has 0 bridgehead atoms. The third kappa shape index (κ3) is 5.66. The summed E-state index contributed by atoms with van der Waals surface area (Å²) >= 11 is 1.98. The molecule has 0 saturated heterocycles. The van der Waals surface area contributed by atoms with Crippen LogP contribution in [0, 0.1) is 5.41 Å². The Labute approximate surface area is 123 Å². The van der Waals surface area contributed by atoms with E-state index >= 15 is 0 Å². The van der Waals surface area contributed by atoms with Crippen molar-refractivity contribution in [2.24, 2.45) is 5.41 Å². The number of hydrogen-bond donors (Lipinski definition) is 1. The van der Waals surface area contributed by atoms with Crippen molar-refractivity contribution in [3.05, 3.63) is 21.9 Å². The van der Waals surface area contributed by atoms with E-state index in [4.69, 9.17) is 0 Å². The Bertz CT molecular complexity index is 379. The maximum Gasteiger partial charge on any atom is 0.0419 e. The molecular formula is C17H31NS. The average Bonchev–Trinajstić information content (AvgIpc) is 2.71. The van der Waals surface area contributed by atoms with Crippen LogP contribution >= 0.6 is 11.3 Å². The van der Waals surface area contributed by atoms with E-state index in [9.17, 15) is 0 Å². The summed E-state index contributed by atoms with van der Waals surface area (Å²) in [6.07, 6.45) is 2.38. The Morgan fingerprint density at radius 3 is 2.16 bits per heavy atom. The Morgan fingerprint density at radius 2 is 1.74 bits per heavy atom. The van der Waals surface area contributed by atoms with E-state index in [1.165, 1.54) is 22.6 Å². The van der Waals surface area contributed by atoms with Crippen LogP contribution in [0.1, 0.15) is 77.1 Å². The van der Waals surface area contributed by atoms with Gasteiger partial charge in [-0.05, 0) is 42.3 Å². The van der Waals surface area contributed by atoms with Gasteiger partial charge in [0.1, 0.15) is 0 Å². The molecule has 0 aliphatic heterocycles. The first kappa shape index (κ1) is 16.7. The highest BCUT2D eigenvalue weighted by atomic mass is 32.1. The molecule has 0 aromatic carbocycles. The van der Waals surface area contributed by atoms with E-state index in [2.05, 4.69) is 65.9 Å². The molecule has 1 heterocycles. The van der Waals surface area contributed by atoms with Gasteiger partial charge in [-0.2, -0.15) is 0 Å². The van der Waals surface area contributed by atoms with Crippen LogP contribution in [-0.4, -0.2) is 6.54 Å². The van der Waals surface area contributed by atoms with Gasteiger partial charge >= 0.3 is 0 Å². The Hall–Kier alpha value is -0.340. The van der Waals surface area contributed by atoms with Gasteiger partial charge in [0.2, 0.25) is 0 Å². The predicted molar refractivity (Wildman–Crippen MR) is 88.1 cm³/mol. The molecule has 1 nitrogen and oxygen atoms in total. The van der Waals surface area contributed by atoms with Gasteiger partial charge < -0.3 is 5.32 Å². The van der Waals surface area contributed by atoms with Gasteiger partial charge in [-0.25, -0.2) is 0 Å². The SMILES string of the molecule is CCCNC(CC(C)(C)C)c1ccc(C(C)(C)C)s1. The van der Waals surface area contributed by atoms with E-state index in [1.807, 2.05) is 11.3 Å². The first-order valence-corrected chi connectivity index (χ1v) is 8.29. The minimum absolute atomic E-state index is 0.264. The molecule has 0 aliphatic rings. The lowest BCUT2D eigenvalue weighted by Crippen LogP contribution is -2.25. The van der Waals surface area contributed by atoms with Gasteiger partial charge in [-0.15, -0.1) is 11.3 Å². The molecule has 0 amide bonds. The topological polar surface area (TPSA) is 12.0 Å². The minimum atomic E-state index is 0.264. The van der Waals surface area contributed by atoms with Crippen molar-refractivity contribution in [3.8, 4) is 0 Å². The number of nitrogens with one attached hydrogen (secondary N) is 1. The molecule has 110 valence electrons. The van der Waals surface area contributed by atoms with E-state index < -0.39 is 0 Å². The summed E-state index contributed by atoms with van der Waals surface area (Å²) in [6.45, 7) is 17.2. The molecule has 0 spiro atoms. The molecule has 0 saturated carbocycles. The summed E-state index contributed by atoms with van der Waals surface area (Å²) in [6, 6.07) is 5.13. The second-order valence-electron chi connectivity index (χ2n) is 7.72. The number of hydrogen-bond acceptors (Lipinski definition) is 2. The molecule has 2 heteroatoms. The lowest BCUT2D eigenvalue weighted by Gasteiger charge is -2.26. The summed E-state index contributed by atoms with van der Waals surface area (Å²) in [7, 11) is 0. The van der Waals surface area contributed by atoms with Crippen LogP contribution in [0.4, 0.5) is 0 Å². The van der Waals surface area contributed by atoms with Crippen molar-refractivity contribution in [3.63, 3.8) is 0 Å². The lowest BCUT2D eigenvalue weighted by molar-refractivity contribution is 0.314. The second kappa shape index (κ2) is 6.41. The van der Waals surface area contributed by atoms with Crippen LogP contribution in [0.5, 0.6) is 0 Å². The zero-order chi connectivity index (χ0) is 14.7. The Balaban J connectivity index is 2.88. The van der Waals surface area contributed by atoms with Crippen LogP contribution in [0.15, 0.2) is 12.1 Å². The van der Waals surface area contributed by atoms with Crippen LogP contribution in [-0.2, 0) is 5.41 Å². The summed E-state index contributed by atoms with van der Waals surface area (Å²) in [5, 5.41) is 3.72. The van der Waals surface area contributed by atoms with Gasteiger partial charge in [0.15, 0.2) is 0 Å². The molecule has 0 fully saturated rings. The molecule has 19 heavy (non-hydrogen) atoms. The molecule has 0 aliphatic carbocycles. The zero-order valence-corrected chi connectivity index (χ0v) is 14.6. The largest absolute Gasteiger partial charge is 0.309 e. The van der Waals surface area contributed by atoms with Gasteiger partial charge in [-0.1, -0.05) is 48.5 Å². The summed E-state index contributed by atoms with van der Waals surface area (Å²) in [4.78, 5) is 2.98. The molecule has 1 aromatic heterocycles. The Kier molecular flexibility index (Phi) is 5.64. The summed E-state index contributed by atoms with van der Waals surface area (Å²) in [5.41, 5.74) is 0.622. The minimum Gasteiger partial charge on any atom is -0.309 e. The van der Waals surface area contributed by atoms with Gasteiger partial charge in [0.05, 0.1) is 0 Å². The lowest BCUT2D eigenvalue weighted by atomic mass is 9.87. The summed E-state index contributed by atoms with van der Waals surface area (Å²) in [5.74, 6) is 0. The fraction of sp³-hybridized carbons (Fsp3) is 0.765. The maximum absolute atomic E-state index is 3.72. The van der Waals surface area contributed by atoms with Crippen molar-refractivity contribution < 1.29 is 0 Å². The normalized spacial score (nSPS) is 14.7. The molecule has 0 radical (unpaired) electrons. The first-order valence-electron chi connectivity index (χ1n) is 7.47. The average molecular weight is 282 g/mol. The first-order chi connectivity index (χ1) is 8.63. The third-order valence-electron chi connectivity index (χ3n) is 3.17. The molecule has 1 N–H and O–H groups in total. The van der Waals surface area contributed by atoms with Gasteiger partial charge in [-0.3, -0.25) is 0 Å². The number of rotatable bonds is 5. The van der Waals surface area contributed by atoms with Crippen molar-refractivity contribution in [1.29, 1.82) is 0 Å². The zero-order valence-electron chi connectivity index (χ0n) is 13.8. The standard InChI is InChI=1S/C17H31NS/c1-8-11-18-13(12-16(2,3)4)14-9-10-15(19-14)17(5,6)7/h9-10,13,18H,8,11-12H2,1-7H3. The highest BCUT2D eigenvalue weighted by molar-refractivity contribution is 7.12. The molecule has 1 atom stereocenters. The van der Waals surface area contributed by atoms with Crippen molar-refractivity contribution in [2.75, 3.05) is 6.54 Å². The van der Waals surface area contributed by atoms with Crippen molar-refractivity contribution in [1.82, 2.24) is 5.32 Å². The van der Waals surface area contributed by atoms with E-state index in [1.54, 1.807) is 0 Å². The smallest absolute Gasteiger partial charge is 0.0419 e. The maximum atomic E-state index is 3.72. The van der Waals surface area contributed by atoms with Gasteiger partial charge in [0, 0.05) is 15.8 Å². The quantitative estimate of drug-likeness (QED) is 0.749.